The summed E-state index contributed by atoms with van der Waals surface area (Å²) in [5.41, 5.74) is 0.769. The molecular formula is C22H27FN4O6. The van der Waals surface area contributed by atoms with Crippen molar-refractivity contribution in [3.8, 4) is 0 Å². The number of benzene rings is 1. The quantitative estimate of drug-likeness (QED) is 0.610. The molecule has 1 aromatic heterocycles. The lowest BCUT2D eigenvalue weighted by molar-refractivity contribution is -0.145. The second-order valence-corrected chi connectivity index (χ2v) is 8.31. The van der Waals surface area contributed by atoms with E-state index in [-0.39, 0.29) is 12.5 Å². The molecule has 0 saturated carbocycles. The fourth-order valence-electron chi connectivity index (χ4n) is 4.56. The number of amides is 1. The minimum absolute atomic E-state index is 0.0419. The first kappa shape index (κ1) is 23.1. The molecule has 1 atom stereocenters. The van der Waals surface area contributed by atoms with Gasteiger partial charge in [-0.2, -0.15) is 0 Å². The second-order valence-electron chi connectivity index (χ2n) is 8.31. The molecular weight excluding hydrogens is 435 g/mol. The van der Waals surface area contributed by atoms with Gasteiger partial charge in [-0.15, -0.1) is 0 Å². The Kier molecular flexibility index (Phi) is 6.91. The molecule has 3 heterocycles. The van der Waals surface area contributed by atoms with Crippen molar-refractivity contribution >= 4 is 28.7 Å². The lowest BCUT2D eigenvalue weighted by Crippen LogP contribution is -2.52. The number of aromatic nitrogens is 1. The summed E-state index contributed by atoms with van der Waals surface area (Å²) in [7, 11) is 0. The van der Waals surface area contributed by atoms with E-state index in [2.05, 4.69) is 0 Å². The van der Waals surface area contributed by atoms with Gasteiger partial charge in [-0.3, -0.25) is 24.2 Å². The van der Waals surface area contributed by atoms with E-state index in [0.29, 0.717) is 68.9 Å². The van der Waals surface area contributed by atoms with Gasteiger partial charge in [0.25, 0.3) is 0 Å². The highest BCUT2D eigenvalue weighted by molar-refractivity contribution is 5.90. The third-order valence-corrected chi connectivity index (χ3v) is 6.20. The number of rotatable bonds is 7. The van der Waals surface area contributed by atoms with Gasteiger partial charge < -0.3 is 24.4 Å². The van der Waals surface area contributed by atoms with Crippen molar-refractivity contribution in [3.05, 3.63) is 35.8 Å². The van der Waals surface area contributed by atoms with Crippen molar-refractivity contribution in [2.24, 2.45) is 0 Å². The highest BCUT2D eigenvalue weighted by atomic mass is 19.1. The van der Waals surface area contributed by atoms with Gasteiger partial charge in [0.15, 0.2) is 0 Å². The van der Waals surface area contributed by atoms with Crippen molar-refractivity contribution in [1.82, 2.24) is 19.3 Å². The monoisotopic (exact) mass is 462 g/mol. The summed E-state index contributed by atoms with van der Waals surface area (Å²) >= 11 is 0. The number of carbonyl (C=O) groups is 3. The molecule has 0 aliphatic carbocycles. The Hall–Kier alpha value is -3.02. The van der Waals surface area contributed by atoms with Gasteiger partial charge in [-0.25, -0.2) is 4.39 Å². The number of morpholine rings is 1. The van der Waals surface area contributed by atoms with Gasteiger partial charge in [0, 0.05) is 56.4 Å². The van der Waals surface area contributed by atoms with Crippen LogP contribution >= 0.6 is 0 Å². The number of hydrogen-bond donors (Lipinski definition) is 2. The normalized spacial score (nSPS) is 19.0. The first-order valence-corrected chi connectivity index (χ1v) is 10.9. The van der Waals surface area contributed by atoms with Crippen LogP contribution in [-0.4, -0.2) is 106 Å². The average molecular weight is 462 g/mol. The lowest BCUT2D eigenvalue weighted by atomic mass is 10.0. The molecule has 1 aromatic carbocycles. The van der Waals surface area contributed by atoms with E-state index in [4.69, 9.17) is 4.74 Å². The van der Waals surface area contributed by atoms with Crippen molar-refractivity contribution in [3.63, 3.8) is 0 Å². The van der Waals surface area contributed by atoms with Gasteiger partial charge in [-0.1, -0.05) is 0 Å². The smallest absolute Gasteiger partial charge is 0.325 e. The zero-order chi connectivity index (χ0) is 23.5. The number of aliphatic carboxylic acids is 2. The Morgan fingerprint density at radius 1 is 1.00 bits per heavy atom. The molecule has 2 aliphatic rings. The highest BCUT2D eigenvalue weighted by Crippen LogP contribution is 2.32. The van der Waals surface area contributed by atoms with Crippen LogP contribution in [0.2, 0.25) is 0 Å². The zero-order valence-electron chi connectivity index (χ0n) is 18.2. The van der Waals surface area contributed by atoms with E-state index in [1.165, 1.54) is 29.0 Å². The molecule has 2 saturated heterocycles. The minimum atomic E-state index is -1.10. The number of fused-ring (bicyclic) bond motifs is 1. The largest absolute Gasteiger partial charge is 0.480 e. The van der Waals surface area contributed by atoms with Crippen LogP contribution in [0, 0.1) is 5.82 Å². The van der Waals surface area contributed by atoms with Crippen LogP contribution < -0.4 is 0 Å². The summed E-state index contributed by atoms with van der Waals surface area (Å²) < 4.78 is 20.5. The summed E-state index contributed by atoms with van der Waals surface area (Å²) in [5.74, 6) is -2.65. The maximum absolute atomic E-state index is 13.8. The molecule has 2 N–H and O–H groups in total. The molecule has 10 nitrogen and oxygen atoms in total. The van der Waals surface area contributed by atoms with Gasteiger partial charge in [0.2, 0.25) is 5.91 Å². The molecule has 4 rings (SSSR count). The van der Waals surface area contributed by atoms with Gasteiger partial charge >= 0.3 is 11.9 Å². The summed E-state index contributed by atoms with van der Waals surface area (Å²) in [4.78, 5) is 41.7. The fraction of sp³-hybridized carbons (Fsp3) is 0.500. The van der Waals surface area contributed by atoms with Gasteiger partial charge in [0.05, 0.1) is 25.3 Å². The van der Waals surface area contributed by atoms with E-state index in [1.54, 1.807) is 9.80 Å². The highest BCUT2D eigenvalue weighted by Gasteiger charge is 2.33. The minimum Gasteiger partial charge on any atom is -0.480 e. The maximum Gasteiger partial charge on any atom is 0.325 e. The first-order chi connectivity index (χ1) is 15.8. The number of ether oxygens (including phenoxy) is 1. The molecule has 2 fully saturated rings. The number of halogens is 1. The van der Waals surface area contributed by atoms with Crippen LogP contribution in [-0.2, 0) is 25.7 Å². The maximum atomic E-state index is 13.8. The Balaban J connectivity index is 1.50. The second kappa shape index (κ2) is 9.86. The number of carboxylic acids is 2. The van der Waals surface area contributed by atoms with Gasteiger partial charge in [-0.05, 0) is 18.2 Å². The molecule has 0 radical (unpaired) electrons. The lowest BCUT2D eigenvalue weighted by Gasteiger charge is -2.38. The third-order valence-electron chi connectivity index (χ3n) is 6.20. The standard InChI is InChI=1S/C22H27FN4O6/c23-15-1-2-16-17(12-27(14-20(29)30)18(16)11-15)21(22(31)32)26-5-3-24(4-6-26)13-19(28)25-7-9-33-10-8-25/h1-2,11-12,21H,3-10,13-14H2,(H,29,30)(H,31,32). The summed E-state index contributed by atoms with van der Waals surface area (Å²) in [6.07, 6.45) is 1.49. The van der Waals surface area contributed by atoms with Crippen LogP contribution in [0.1, 0.15) is 11.6 Å². The van der Waals surface area contributed by atoms with Gasteiger partial charge in [0.1, 0.15) is 18.4 Å². The Labute approximate surface area is 189 Å². The van der Waals surface area contributed by atoms with Crippen molar-refractivity contribution in [2.45, 2.75) is 12.6 Å². The number of carboxylic acid groups (broad SMARTS) is 2. The zero-order valence-corrected chi connectivity index (χ0v) is 18.2. The molecule has 0 spiro atoms. The van der Waals surface area contributed by atoms with E-state index in [9.17, 15) is 29.0 Å². The molecule has 2 aromatic rings. The predicted molar refractivity (Wildman–Crippen MR) is 115 cm³/mol. The van der Waals surface area contributed by atoms with Crippen LogP contribution in [0.3, 0.4) is 0 Å². The fourth-order valence-corrected chi connectivity index (χ4v) is 4.56. The molecule has 1 amide bonds. The van der Waals surface area contributed by atoms with Crippen molar-refractivity contribution in [1.29, 1.82) is 0 Å². The van der Waals surface area contributed by atoms with Crippen molar-refractivity contribution < 1.29 is 33.7 Å². The Morgan fingerprint density at radius 3 is 2.33 bits per heavy atom. The van der Waals surface area contributed by atoms with E-state index < -0.39 is 30.3 Å². The number of carbonyl (C=O) groups excluding carboxylic acids is 1. The third kappa shape index (κ3) is 5.15. The summed E-state index contributed by atoms with van der Waals surface area (Å²) in [5, 5.41) is 19.8. The van der Waals surface area contributed by atoms with E-state index >= 15 is 0 Å². The topological polar surface area (TPSA) is 116 Å². The molecule has 0 bridgehead atoms. The van der Waals surface area contributed by atoms with E-state index in [0.717, 1.165) is 0 Å². The molecule has 11 heteroatoms. The van der Waals surface area contributed by atoms with E-state index in [1.807, 2.05) is 4.90 Å². The first-order valence-electron chi connectivity index (χ1n) is 10.9. The SMILES string of the molecule is O=C(O)Cn1cc(C(C(=O)O)N2CCN(CC(=O)N3CCOCC3)CC2)c2ccc(F)cc21. The summed E-state index contributed by atoms with van der Waals surface area (Å²) in [6.45, 7) is 4.05. The molecule has 178 valence electrons. The number of nitrogens with zero attached hydrogens (tertiary/aromatic N) is 4. The van der Waals surface area contributed by atoms with Crippen LogP contribution in [0.25, 0.3) is 10.9 Å². The van der Waals surface area contributed by atoms with Crippen LogP contribution in [0.15, 0.2) is 24.4 Å². The molecule has 2 aliphatic heterocycles. The Morgan fingerprint density at radius 2 is 1.70 bits per heavy atom. The number of hydrogen-bond acceptors (Lipinski definition) is 6. The van der Waals surface area contributed by atoms with Crippen LogP contribution in [0.4, 0.5) is 4.39 Å². The summed E-state index contributed by atoms with van der Waals surface area (Å²) in [6, 6.07) is 2.94. The molecule has 33 heavy (non-hydrogen) atoms. The Bertz CT molecular complexity index is 1040. The predicted octanol–water partition coefficient (Wildman–Crippen LogP) is 0.467. The molecule has 1 unspecified atom stereocenters. The average Bonchev–Trinajstić information content (AvgIpc) is 3.11. The van der Waals surface area contributed by atoms with Crippen LogP contribution in [0.5, 0.6) is 0 Å². The van der Waals surface area contributed by atoms with Crippen molar-refractivity contribution in [2.75, 3.05) is 59.0 Å². The number of piperazine rings is 1.